The van der Waals surface area contributed by atoms with Crippen molar-refractivity contribution < 1.29 is 8.83 Å². The number of hydrogen-bond donors (Lipinski definition) is 0. The van der Waals surface area contributed by atoms with E-state index in [2.05, 4.69) is 325 Å². The van der Waals surface area contributed by atoms with Gasteiger partial charge in [0, 0.05) is 43.4 Å². The van der Waals surface area contributed by atoms with E-state index in [1.165, 1.54) is 22.3 Å². The molecule has 0 bridgehead atoms. The lowest BCUT2D eigenvalue weighted by Crippen LogP contribution is -2.29. The Hall–Kier alpha value is -11.2. The van der Waals surface area contributed by atoms with Crippen molar-refractivity contribution in [3.63, 3.8) is 0 Å². The van der Waals surface area contributed by atoms with Crippen LogP contribution in [0.5, 0.6) is 0 Å². The summed E-state index contributed by atoms with van der Waals surface area (Å²) in [6.45, 7) is 0. The first-order valence-electron chi connectivity index (χ1n) is 29.2. The van der Waals surface area contributed by atoms with Crippen LogP contribution in [0, 0.1) is 0 Å². The highest BCUT2D eigenvalue weighted by molar-refractivity contribution is 6.21. The van der Waals surface area contributed by atoms with Gasteiger partial charge >= 0.3 is 0 Å². The summed E-state index contributed by atoms with van der Waals surface area (Å²) >= 11 is 0. The molecule has 2 heterocycles. The molecule has 17 rings (SSSR count). The maximum atomic E-state index is 7.07. The van der Waals surface area contributed by atoms with E-state index in [1.54, 1.807) is 0 Å². The van der Waals surface area contributed by atoms with Gasteiger partial charge in [-0.2, -0.15) is 0 Å². The molecule has 16 aromatic rings. The Morgan fingerprint density at radius 1 is 0.235 bits per heavy atom. The molecule has 1 aliphatic rings. The fourth-order valence-corrected chi connectivity index (χ4v) is 14.2. The topological polar surface area (TPSA) is 32.8 Å². The summed E-state index contributed by atoms with van der Waals surface area (Å²) in [5, 5.41) is 8.82. The molecule has 0 saturated heterocycles. The van der Waals surface area contributed by atoms with Crippen molar-refractivity contribution in [1.29, 1.82) is 0 Å². The van der Waals surface area contributed by atoms with E-state index in [-0.39, 0.29) is 0 Å². The number of nitrogens with zero attached hydrogens (tertiary/aromatic N) is 2. The molecular formula is C81H52N2O2. The van der Waals surface area contributed by atoms with Crippen molar-refractivity contribution >= 4 is 99.5 Å². The van der Waals surface area contributed by atoms with Gasteiger partial charge in [-0.05, 0) is 104 Å². The van der Waals surface area contributed by atoms with Crippen LogP contribution < -0.4 is 9.80 Å². The van der Waals surface area contributed by atoms with Crippen LogP contribution in [0.3, 0.4) is 0 Å². The van der Waals surface area contributed by atoms with E-state index in [0.717, 1.165) is 133 Å². The Balaban J connectivity index is 1.03. The van der Waals surface area contributed by atoms with Crippen molar-refractivity contribution in [1.82, 2.24) is 0 Å². The van der Waals surface area contributed by atoms with Crippen molar-refractivity contribution in [3.05, 3.63) is 338 Å². The largest absolute Gasteiger partial charge is 0.454 e. The smallest absolute Gasteiger partial charge is 0.159 e. The summed E-state index contributed by atoms with van der Waals surface area (Å²) in [4.78, 5) is 4.97. The van der Waals surface area contributed by atoms with E-state index < -0.39 is 5.41 Å². The van der Waals surface area contributed by atoms with Gasteiger partial charge in [0.25, 0.3) is 0 Å². The Bertz CT molecular complexity index is 4930. The van der Waals surface area contributed by atoms with Crippen LogP contribution >= 0.6 is 0 Å². The molecule has 0 N–H and O–H groups in total. The molecule has 398 valence electrons. The highest BCUT2D eigenvalue weighted by Gasteiger charge is 2.49. The van der Waals surface area contributed by atoms with Crippen LogP contribution in [-0.2, 0) is 5.41 Å². The van der Waals surface area contributed by atoms with Crippen LogP contribution in [0.25, 0.3) is 98.8 Å². The van der Waals surface area contributed by atoms with Crippen molar-refractivity contribution in [2.75, 3.05) is 9.80 Å². The summed E-state index contributed by atoms with van der Waals surface area (Å²) in [6.07, 6.45) is 0. The van der Waals surface area contributed by atoms with Gasteiger partial charge in [-0.3, -0.25) is 0 Å². The minimum atomic E-state index is -0.878. The Morgan fingerprint density at radius 3 is 0.976 bits per heavy atom. The fourth-order valence-electron chi connectivity index (χ4n) is 14.2. The van der Waals surface area contributed by atoms with Crippen molar-refractivity contribution in [2.45, 2.75) is 5.41 Å². The van der Waals surface area contributed by atoms with Crippen LogP contribution in [0.15, 0.2) is 324 Å². The second-order valence-electron chi connectivity index (χ2n) is 22.2. The molecule has 0 spiro atoms. The average Bonchev–Trinajstić information content (AvgIpc) is 1.62. The SMILES string of the molecule is c1ccc(-c2ccccc2N(c2cc3c(c4ccccc24)-c2c(cc(N(c4ccccc4-c4ccccc4)c4cccc5c4oc4ccccc45)c4ccccc24)C3(c2ccccc2)c2ccccc2)c2cccc3c2oc2ccccc23)cc1. The standard InChI is InChI=1S/C81H52N2O2/c1-5-27-53(28-6-1)57-35-17-21-45-69(57)82(71-47-25-43-65-61-39-19-23-49-75(61)84-79(65)71)73-51-67-77(63-41-15-13-37-59(63)73)78-64-42-16-14-38-60(64)74(52-68(78)81(67,55-31-9-3-10-32-55)56-33-11-4-12-34-56)83(70-46-22-18-36-58(70)54-29-7-2-8-30-54)72-48-26-44-66-62-40-20-24-50-76(62)85-80(66)72/h1-52H. The van der Waals surface area contributed by atoms with Gasteiger partial charge in [0.2, 0.25) is 0 Å². The van der Waals surface area contributed by atoms with Gasteiger partial charge in [0.1, 0.15) is 11.2 Å². The van der Waals surface area contributed by atoms with E-state index in [4.69, 9.17) is 8.83 Å². The van der Waals surface area contributed by atoms with Crippen molar-refractivity contribution in [3.8, 4) is 33.4 Å². The van der Waals surface area contributed by atoms with Gasteiger partial charge in [-0.15, -0.1) is 0 Å². The van der Waals surface area contributed by atoms with Gasteiger partial charge in [-0.1, -0.05) is 267 Å². The molecule has 4 nitrogen and oxygen atoms in total. The van der Waals surface area contributed by atoms with Crippen LogP contribution in [0.2, 0.25) is 0 Å². The van der Waals surface area contributed by atoms with Gasteiger partial charge in [0.15, 0.2) is 11.2 Å². The summed E-state index contributed by atoms with van der Waals surface area (Å²) in [5.41, 5.74) is 20.1. The molecule has 0 unspecified atom stereocenters. The van der Waals surface area contributed by atoms with Gasteiger partial charge < -0.3 is 18.6 Å². The average molecular weight is 1090 g/mol. The quantitative estimate of drug-likeness (QED) is 0.137. The number of furan rings is 2. The summed E-state index contributed by atoms with van der Waals surface area (Å²) in [7, 11) is 0. The number of para-hydroxylation sites is 6. The summed E-state index contributed by atoms with van der Waals surface area (Å²) < 4.78 is 14.1. The molecule has 4 heteroatoms. The molecule has 0 fully saturated rings. The molecule has 14 aromatic carbocycles. The second kappa shape index (κ2) is 19.5. The fraction of sp³-hybridized carbons (Fsp3) is 0.0123. The number of rotatable bonds is 10. The Morgan fingerprint density at radius 2 is 0.553 bits per heavy atom. The lowest BCUT2D eigenvalue weighted by molar-refractivity contribution is 0.669. The predicted molar refractivity (Wildman–Crippen MR) is 354 cm³/mol. The number of anilines is 6. The third kappa shape index (κ3) is 7.35. The number of fused-ring (bicyclic) bond motifs is 13. The van der Waals surface area contributed by atoms with Gasteiger partial charge in [-0.25, -0.2) is 0 Å². The molecular weight excluding hydrogens is 1030 g/mol. The third-order valence-corrected chi connectivity index (χ3v) is 17.7. The van der Waals surface area contributed by atoms with Crippen LogP contribution in [0.4, 0.5) is 34.1 Å². The van der Waals surface area contributed by atoms with Crippen LogP contribution in [0.1, 0.15) is 22.3 Å². The molecule has 1 aliphatic carbocycles. The summed E-state index contributed by atoms with van der Waals surface area (Å²) in [6, 6.07) is 115. The molecule has 0 saturated carbocycles. The maximum Gasteiger partial charge on any atom is 0.159 e. The lowest BCUT2D eigenvalue weighted by Gasteiger charge is -2.36. The molecule has 0 atom stereocenters. The highest BCUT2D eigenvalue weighted by atomic mass is 16.3. The monoisotopic (exact) mass is 1080 g/mol. The second-order valence-corrected chi connectivity index (χ2v) is 22.2. The maximum absolute atomic E-state index is 7.07. The zero-order valence-corrected chi connectivity index (χ0v) is 46.2. The van der Waals surface area contributed by atoms with Crippen LogP contribution in [-0.4, -0.2) is 0 Å². The molecule has 85 heavy (non-hydrogen) atoms. The highest BCUT2D eigenvalue weighted by Crippen LogP contribution is 2.63. The zero-order valence-electron chi connectivity index (χ0n) is 46.2. The molecule has 2 aromatic heterocycles. The summed E-state index contributed by atoms with van der Waals surface area (Å²) in [5.74, 6) is 0. The lowest BCUT2D eigenvalue weighted by atomic mass is 9.67. The number of hydrogen-bond acceptors (Lipinski definition) is 4. The minimum absolute atomic E-state index is 0.822. The minimum Gasteiger partial charge on any atom is -0.454 e. The zero-order chi connectivity index (χ0) is 56.0. The van der Waals surface area contributed by atoms with Gasteiger partial charge in [0.05, 0.1) is 39.5 Å². The van der Waals surface area contributed by atoms with Crippen molar-refractivity contribution in [2.24, 2.45) is 0 Å². The first-order valence-corrected chi connectivity index (χ1v) is 29.2. The normalized spacial score (nSPS) is 12.6. The van der Waals surface area contributed by atoms with E-state index in [1.807, 2.05) is 0 Å². The molecule has 0 amide bonds. The van der Waals surface area contributed by atoms with E-state index in [9.17, 15) is 0 Å². The Kier molecular flexibility index (Phi) is 11.1. The number of benzene rings is 14. The predicted octanol–water partition coefficient (Wildman–Crippen LogP) is 22.4. The van der Waals surface area contributed by atoms with E-state index >= 15 is 0 Å². The first kappa shape index (κ1) is 48.5. The molecule has 0 radical (unpaired) electrons. The Labute approximate surface area is 492 Å². The first-order chi connectivity index (χ1) is 42.2. The van der Waals surface area contributed by atoms with E-state index in [0.29, 0.717) is 0 Å². The molecule has 0 aliphatic heterocycles. The third-order valence-electron chi connectivity index (χ3n) is 17.7.